The number of fused-ring (bicyclic) bond motifs is 2. The molecule has 3 saturated heterocycles. The van der Waals surface area contributed by atoms with E-state index >= 15 is 0 Å². The van der Waals surface area contributed by atoms with E-state index in [4.69, 9.17) is 10.5 Å². The lowest BCUT2D eigenvalue weighted by atomic mass is 9.72. The minimum Gasteiger partial charge on any atom is -0.481 e. The molecule has 138 valence electrons. The van der Waals surface area contributed by atoms with Gasteiger partial charge in [0.15, 0.2) is 0 Å². The van der Waals surface area contributed by atoms with Gasteiger partial charge >= 0.3 is 5.97 Å². The minimum absolute atomic E-state index is 0.125. The molecule has 0 amide bonds. The Balaban J connectivity index is 1.49. The molecular weight excluding hydrogens is 322 g/mol. The second kappa shape index (κ2) is 6.79. The number of carboxylic acids is 1. The molecule has 5 N–H and O–H groups in total. The second-order valence-electron chi connectivity index (χ2n) is 7.83. The molecule has 0 aromatic heterocycles. The molecular formula is C18H27N3O4. The van der Waals surface area contributed by atoms with Crippen LogP contribution in [-0.2, 0) is 14.3 Å². The number of allylic oxidation sites excluding steroid dienone is 1. The largest absolute Gasteiger partial charge is 0.481 e. The fraction of sp³-hybridized carbons (Fsp3) is 0.778. The number of carboxylic acid groups (broad SMARTS) is 1. The van der Waals surface area contributed by atoms with E-state index in [0.717, 1.165) is 25.8 Å². The fourth-order valence-corrected chi connectivity index (χ4v) is 4.89. The van der Waals surface area contributed by atoms with Crippen LogP contribution in [0.3, 0.4) is 0 Å². The van der Waals surface area contributed by atoms with Crippen LogP contribution < -0.4 is 16.4 Å². The van der Waals surface area contributed by atoms with Gasteiger partial charge in [0.1, 0.15) is 18.2 Å². The number of piperidine rings is 2. The topological polar surface area (TPSA) is 114 Å². The number of carbonyl (C=O) groups is 2. The molecule has 4 rings (SSSR count). The summed E-state index contributed by atoms with van der Waals surface area (Å²) in [6.45, 7) is 0.835. The summed E-state index contributed by atoms with van der Waals surface area (Å²) in [7, 11) is 0. The Hall–Kier alpha value is -1.28. The van der Waals surface area contributed by atoms with Gasteiger partial charge in [-0.3, -0.25) is 20.2 Å². The molecule has 1 aliphatic carbocycles. The number of ketones is 1. The number of nitrogens with two attached hydrogens (primary N) is 1. The van der Waals surface area contributed by atoms with E-state index in [2.05, 4.69) is 16.7 Å². The quantitative estimate of drug-likeness (QED) is 0.539. The number of aliphatic carboxylic acids is 1. The van der Waals surface area contributed by atoms with Crippen LogP contribution in [0.1, 0.15) is 38.5 Å². The van der Waals surface area contributed by atoms with Crippen molar-refractivity contribution in [2.45, 2.75) is 57.1 Å². The molecule has 3 fully saturated rings. The summed E-state index contributed by atoms with van der Waals surface area (Å²) in [4.78, 5) is 24.5. The molecule has 7 nitrogen and oxygen atoms in total. The average molecular weight is 349 g/mol. The monoisotopic (exact) mass is 349 g/mol. The van der Waals surface area contributed by atoms with Crippen molar-refractivity contribution in [1.82, 2.24) is 10.6 Å². The molecule has 4 aliphatic rings. The van der Waals surface area contributed by atoms with E-state index in [0.29, 0.717) is 5.92 Å². The molecule has 3 heterocycles. The van der Waals surface area contributed by atoms with Gasteiger partial charge in [0.25, 0.3) is 0 Å². The van der Waals surface area contributed by atoms with Crippen molar-refractivity contribution in [2.24, 2.45) is 29.4 Å². The number of ether oxygens (including phenoxy) is 1. The normalized spacial score (nSPS) is 44.4. The van der Waals surface area contributed by atoms with Crippen molar-refractivity contribution in [3.8, 4) is 0 Å². The first-order chi connectivity index (χ1) is 12.0. The molecule has 25 heavy (non-hydrogen) atoms. The zero-order valence-corrected chi connectivity index (χ0v) is 14.3. The zero-order chi connectivity index (χ0) is 17.6. The van der Waals surface area contributed by atoms with E-state index in [1.165, 1.54) is 18.4 Å². The molecule has 7 heteroatoms. The van der Waals surface area contributed by atoms with Crippen LogP contribution in [0.15, 0.2) is 11.6 Å². The van der Waals surface area contributed by atoms with Crippen molar-refractivity contribution in [2.75, 3.05) is 6.54 Å². The van der Waals surface area contributed by atoms with Crippen molar-refractivity contribution in [3.05, 3.63) is 11.6 Å². The second-order valence-corrected chi connectivity index (χ2v) is 7.83. The summed E-state index contributed by atoms with van der Waals surface area (Å²) in [5, 5.41) is 15.7. The molecule has 3 aliphatic heterocycles. The smallest absolute Gasteiger partial charge is 0.309 e. The molecule has 0 aromatic rings. The van der Waals surface area contributed by atoms with Gasteiger partial charge in [0.2, 0.25) is 0 Å². The molecule has 0 spiro atoms. The highest BCUT2D eigenvalue weighted by molar-refractivity contribution is 5.86. The first kappa shape index (κ1) is 17.1. The van der Waals surface area contributed by atoms with Gasteiger partial charge in [-0.15, -0.1) is 0 Å². The van der Waals surface area contributed by atoms with Crippen LogP contribution in [-0.4, -0.2) is 42.0 Å². The number of rotatable bonds is 2. The van der Waals surface area contributed by atoms with Crippen LogP contribution in [0, 0.1) is 23.7 Å². The Morgan fingerprint density at radius 3 is 2.76 bits per heavy atom. The summed E-state index contributed by atoms with van der Waals surface area (Å²) in [6.07, 6.45) is 6.67. The van der Waals surface area contributed by atoms with Gasteiger partial charge < -0.3 is 15.6 Å². The first-order valence-corrected chi connectivity index (χ1v) is 9.40. The SMILES string of the molecule is NC1NC2OC3NCC(C4=CCCCC4)CC3C(=O)C2CC1C(=O)O. The third-order valence-electron chi connectivity index (χ3n) is 6.32. The van der Waals surface area contributed by atoms with Gasteiger partial charge in [-0.25, -0.2) is 0 Å². The number of hydrogen-bond donors (Lipinski definition) is 4. The Bertz CT molecular complexity index is 593. The lowest BCUT2D eigenvalue weighted by Gasteiger charge is -2.49. The Morgan fingerprint density at radius 2 is 2.04 bits per heavy atom. The molecule has 0 saturated carbocycles. The zero-order valence-electron chi connectivity index (χ0n) is 14.3. The van der Waals surface area contributed by atoms with E-state index in [1.54, 1.807) is 0 Å². The first-order valence-electron chi connectivity index (χ1n) is 9.40. The maximum Gasteiger partial charge on any atom is 0.309 e. The number of Topliss-reactive ketones (excluding diaryl/α,β-unsaturated/α-hetero) is 1. The van der Waals surface area contributed by atoms with Crippen LogP contribution in [0.4, 0.5) is 0 Å². The van der Waals surface area contributed by atoms with Crippen LogP contribution >= 0.6 is 0 Å². The predicted octanol–water partition coefficient (Wildman–Crippen LogP) is 0.559. The highest BCUT2D eigenvalue weighted by atomic mass is 16.5. The maximum absolute atomic E-state index is 13.1. The van der Waals surface area contributed by atoms with Crippen molar-refractivity contribution in [1.29, 1.82) is 0 Å². The standard InChI is InChI=1S/C18H27N3O4/c19-15-13(18(23)24)7-12-14(22)11-6-10(9-4-2-1-3-5-9)8-20-16(11)25-17(12)21-15/h4,10-13,15-17,20-21H,1-3,5-8,19H2,(H,23,24). The third-order valence-corrected chi connectivity index (χ3v) is 6.32. The molecule has 0 bridgehead atoms. The van der Waals surface area contributed by atoms with E-state index in [-0.39, 0.29) is 24.3 Å². The minimum atomic E-state index is -0.958. The van der Waals surface area contributed by atoms with Crippen LogP contribution in [0.25, 0.3) is 0 Å². The Morgan fingerprint density at radius 1 is 1.24 bits per heavy atom. The fourth-order valence-electron chi connectivity index (χ4n) is 4.89. The molecule has 7 atom stereocenters. The number of hydrogen-bond acceptors (Lipinski definition) is 6. The van der Waals surface area contributed by atoms with Crippen molar-refractivity contribution >= 4 is 11.8 Å². The summed E-state index contributed by atoms with van der Waals surface area (Å²) in [6, 6.07) is 0. The predicted molar refractivity (Wildman–Crippen MR) is 90.2 cm³/mol. The van der Waals surface area contributed by atoms with Crippen LogP contribution in [0.5, 0.6) is 0 Å². The number of carbonyl (C=O) groups excluding carboxylic acids is 1. The average Bonchev–Trinajstić information content (AvgIpc) is 2.62. The summed E-state index contributed by atoms with van der Waals surface area (Å²) >= 11 is 0. The van der Waals surface area contributed by atoms with Crippen molar-refractivity contribution < 1.29 is 19.4 Å². The van der Waals surface area contributed by atoms with E-state index < -0.39 is 30.2 Å². The van der Waals surface area contributed by atoms with Crippen LogP contribution in [0.2, 0.25) is 0 Å². The summed E-state index contributed by atoms with van der Waals surface area (Å²) < 4.78 is 6.06. The van der Waals surface area contributed by atoms with E-state index in [1.807, 2.05) is 0 Å². The molecule has 0 aromatic carbocycles. The Kier molecular flexibility index (Phi) is 4.66. The lowest BCUT2D eigenvalue weighted by molar-refractivity contribution is -0.187. The van der Waals surface area contributed by atoms with Gasteiger partial charge in [0, 0.05) is 6.54 Å². The number of nitrogens with one attached hydrogen (secondary N) is 2. The lowest BCUT2D eigenvalue weighted by Crippen LogP contribution is -2.67. The van der Waals surface area contributed by atoms with Gasteiger partial charge in [-0.05, 0) is 44.4 Å². The van der Waals surface area contributed by atoms with Gasteiger partial charge in [0.05, 0.1) is 23.9 Å². The molecule has 0 radical (unpaired) electrons. The van der Waals surface area contributed by atoms with Crippen molar-refractivity contribution in [3.63, 3.8) is 0 Å². The highest BCUT2D eigenvalue weighted by Gasteiger charge is 2.52. The maximum atomic E-state index is 13.1. The summed E-state index contributed by atoms with van der Waals surface area (Å²) in [5.41, 5.74) is 7.38. The molecule has 7 unspecified atom stereocenters. The Labute approximate surface area is 147 Å². The highest BCUT2D eigenvalue weighted by Crippen LogP contribution is 2.40. The van der Waals surface area contributed by atoms with Gasteiger partial charge in [-0.1, -0.05) is 11.6 Å². The van der Waals surface area contributed by atoms with Gasteiger partial charge in [-0.2, -0.15) is 0 Å². The van der Waals surface area contributed by atoms with E-state index in [9.17, 15) is 14.7 Å². The third kappa shape index (κ3) is 3.14. The summed E-state index contributed by atoms with van der Waals surface area (Å²) in [5.74, 6) is -1.82.